The summed E-state index contributed by atoms with van der Waals surface area (Å²) in [5.74, 6) is -0.528. The van der Waals surface area contributed by atoms with Crippen LogP contribution >= 0.6 is 15.9 Å². The van der Waals surface area contributed by atoms with Crippen molar-refractivity contribution in [3.8, 4) is 6.07 Å². The van der Waals surface area contributed by atoms with Gasteiger partial charge >= 0.3 is 12.1 Å². The van der Waals surface area contributed by atoms with Gasteiger partial charge in [-0.2, -0.15) is 5.26 Å². The molecule has 0 spiro atoms. The summed E-state index contributed by atoms with van der Waals surface area (Å²) in [6, 6.07) is 3.74. The topological polar surface area (TPSA) is 93.4 Å². The molecule has 1 atom stereocenters. The van der Waals surface area contributed by atoms with Gasteiger partial charge in [-0.25, -0.2) is 18.9 Å². The highest BCUT2D eigenvalue weighted by atomic mass is 79.9. The highest BCUT2D eigenvalue weighted by Crippen LogP contribution is 2.34. The van der Waals surface area contributed by atoms with Crippen LogP contribution < -0.4 is 5.32 Å². The lowest BCUT2D eigenvalue weighted by Crippen LogP contribution is -2.49. The van der Waals surface area contributed by atoms with E-state index < -0.39 is 24.0 Å². The summed E-state index contributed by atoms with van der Waals surface area (Å²) in [5, 5.41) is 20.8. The van der Waals surface area contributed by atoms with E-state index >= 15 is 0 Å². The largest absolute Gasteiger partial charge is 0.465 e. The Morgan fingerprint density at radius 2 is 2.24 bits per heavy atom. The third kappa shape index (κ3) is 2.60. The molecule has 0 aliphatic carbocycles. The molecule has 1 aliphatic heterocycles. The van der Waals surface area contributed by atoms with Gasteiger partial charge in [0.2, 0.25) is 0 Å². The number of nitriles is 1. The van der Waals surface area contributed by atoms with Crippen LogP contribution in [0.5, 0.6) is 0 Å². The third-order valence-corrected chi connectivity index (χ3v) is 3.64. The van der Waals surface area contributed by atoms with Gasteiger partial charge in [-0.15, -0.1) is 0 Å². The fourth-order valence-corrected chi connectivity index (χ4v) is 2.48. The maximum Gasteiger partial charge on any atom is 0.416 e. The van der Waals surface area contributed by atoms with E-state index in [1.54, 1.807) is 0 Å². The Hall–Kier alpha value is -2.40. The van der Waals surface area contributed by atoms with Gasteiger partial charge in [-0.1, -0.05) is 6.07 Å². The van der Waals surface area contributed by atoms with E-state index in [1.807, 2.05) is 6.07 Å². The molecule has 6 nitrogen and oxygen atoms in total. The first-order valence-corrected chi connectivity index (χ1v) is 6.55. The number of amides is 3. The van der Waals surface area contributed by atoms with Crippen LogP contribution in [0.15, 0.2) is 33.9 Å². The van der Waals surface area contributed by atoms with Crippen molar-refractivity contribution in [2.45, 2.75) is 13.0 Å². The number of carboxylic acid groups (broad SMARTS) is 1. The lowest BCUT2D eigenvalue weighted by atomic mass is 9.95. The average molecular weight is 354 g/mol. The maximum atomic E-state index is 13.3. The Morgan fingerprint density at radius 1 is 1.57 bits per heavy atom. The lowest BCUT2D eigenvalue weighted by Gasteiger charge is -2.33. The smallest absolute Gasteiger partial charge is 0.416 e. The molecule has 8 heteroatoms. The molecule has 2 rings (SSSR count). The number of rotatable bonds is 1. The van der Waals surface area contributed by atoms with Crippen LogP contribution in [-0.4, -0.2) is 22.1 Å². The number of benzene rings is 1. The third-order valence-electron chi connectivity index (χ3n) is 3.03. The van der Waals surface area contributed by atoms with E-state index in [9.17, 15) is 24.3 Å². The first-order chi connectivity index (χ1) is 9.86. The average Bonchev–Trinajstić information content (AvgIpc) is 2.40. The SMILES string of the molecule is CC1=C(C#N)C(c2ccc(F)c(Br)c2)N(C(=O)O)C(=O)N1. The Kier molecular flexibility index (Phi) is 3.95. The second kappa shape index (κ2) is 5.54. The van der Waals surface area contributed by atoms with Crippen molar-refractivity contribution < 1.29 is 19.1 Å². The molecular formula is C13H9BrFN3O3. The Balaban J connectivity index is 2.65. The van der Waals surface area contributed by atoms with E-state index in [0.29, 0.717) is 10.5 Å². The summed E-state index contributed by atoms with van der Waals surface area (Å²) < 4.78 is 13.4. The van der Waals surface area contributed by atoms with Crippen molar-refractivity contribution in [3.63, 3.8) is 0 Å². The van der Waals surface area contributed by atoms with Crippen molar-refractivity contribution in [3.05, 3.63) is 45.3 Å². The molecule has 1 unspecified atom stereocenters. The maximum absolute atomic E-state index is 13.3. The number of nitrogens with zero attached hydrogens (tertiary/aromatic N) is 2. The van der Waals surface area contributed by atoms with Crippen LogP contribution in [0.2, 0.25) is 0 Å². The van der Waals surface area contributed by atoms with Crippen molar-refractivity contribution in [2.75, 3.05) is 0 Å². The molecule has 1 heterocycles. The van der Waals surface area contributed by atoms with Gasteiger partial charge in [-0.05, 0) is 40.5 Å². The quantitative estimate of drug-likeness (QED) is 0.810. The van der Waals surface area contributed by atoms with Crippen LogP contribution in [0.25, 0.3) is 0 Å². The molecule has 0 aromatic heterocycles. The molecule has 0 saturated carbocycles. The molecule has 21 heavy (non-hydrogen) atoms. The second-order valence-corrected chi connectivity index (χ2v) is 5.16. The minimum absolute atomic E-state index is 0.0792. The van der Waals surface area contributed by atoms with Gasteiger partial charge in [0.1, 0.15) is 11.9 Å². The van der Waals surface area contributed by atoms with E-state index in [-0.39, 0.29) is 15.7 Å². The number of carbonyl (C=O) groups is 2. The van der Waals surface area contributed by atoms with E-state index in [1.165, 1.54) is 19.1 Å². The van der Waals surface area contributed by atoms with Gasteiger partial charge in [0.05, 0.1) is 16.1 Å². The molecule has 1 aromatic rings. The fourth-order valence-electron chi connectivity index (χ4n) is 2.08. The number of urea groups is 1. The van der Waals surface area contributed by atoms with Gasteiger partial charge < -0.3 is 10.4 Å². The Morgan fingerprint density at radius 3 is 2.76 bits per heavy atom. The summed E-state index contributed by atoms with van der Waals surface area (Å²) in [7, 11) is 0. The molecule has 0 radical (unpaired) electrons. The summed E-state index contributed by atoms with van der Waals surface area (Å²) in [4.78, 5) is 23.7. The molecule has 0 fully saturated rings. The van der Waals surface area contributed by atoms with Gasteiger partial charge in [0.25, 0.3) is 0 Å². The molecule has 1 aromatic carbocycles. The number of halogens is 2. The number of hydrogen-bond acceptors (Lipinski definition) is 3. The van der Waals surface area contributed by atoms with E-state index in [2.05, 4.69) is 21.2 Å². The van der Waals surface area contributed by atoms with Crippen LogP contribution in [0.3, 0.4) is 0 Å². The number of imide groups is 1. The zero-order chi connectivity index (χ0) is 15.7. The monoisotopic (exact) mass is 353 g/mol. The molecule has 2 N–H and O–H groups in total. The standard InChI is InChI=1S/C13H9BrFN3O3/c1-6-8(5-16)11(18(13(20)21)12(19)17-6)7-2-3-10(15)9(14)4-7/h2-4,11H,1H3,(H,17,19)(H,20,21). The van der Waals surface area contributed by atoms with E-state index in [0.717, 1.165) is 6.07 Å². The molecule has 3 amide bonds. The predicted molar refractivity (Wildman–Crippen MR) is 73.5 cm³/mol. The number of allylic oxidation sites excluding steroid dienone is 1. The molecule has 0 saturated heterocycles. The number of nitrogens with one attached hydrogen (secondary N) is 1. The van der Waals surface area contributed by atoms with Crippen molar-refractivity contribution in [2.24, 2.45) is 0 Å². The van der Waals surface area contributed by atoms with Gasteiger partial charge in [0, 0.05) is 5.70 Å². The van der Waals surface area contributed by atoms with Crippen molar-refractivity contribution in [1.29, 1.82) is 5.26 Å². The van der Waals surface area contributed by atoms with Crippen LogP contribution in [0.1, 0.15) is 18.5 Å². The van der Waals surface area contributed by atoms with Crippen LogP contribution in [0.4, 0.5) is 14.0 Å². The number of carbonyl (C=O) groups excluding carboxylic acids is 1. The molecule has 108 valence electrons. The number of hydrogen-bond donors (Lipinski definition) is 2. The van der Waals surface area contributed by atoms with Gasteiger partial charge in [-0.3, -0.25) is 0 Å². The first-order valence-electron chi connectivity index (χ1n) is 5.75. The second-order valence-electron chi connectivity index (χ2n) is 4.31. The minimum Gasteiger partial charge on any atom is -0.465 e. The summed E-state index contributed by atoms with van der Waals surface area (Å²) in [5.41, 5.74) is 0.664. The highest BCUT2D eigenvalue weighted by Gasteiger charge is 2.39. The molecule has 0 bridgehead atoms. The normalized spacial score (nSPS) is 18.3. The van der Waals surface area contributed by atoms with Crippen LogP contribution in [0, 0.1) is 17.1 Å². The first kappa shape index (κ1) is 15.0. The van der Waals surface area contributed by atoms with Crippen molar-refractivity contribution >= 4 is 28.1 Å². The Bertz CT molecular complexity index is 711. The Labute approximate surface area is 127 Å². The van der Waals surface area contributed by atoms with Crippen LogP contribution in [-0.2, 0) is 0 Å². The fraction of sp³-hybridized carbons (Fsp3) is 0.154. The zero-order valence-electron chi connectivity index (χ0n) is 10.7. The summed E-state index contributed by atoms with van der Waals surface area (Å²) >= 11 is 3.00. The minimum atomic E-state index is -1.50. The molecular weight excluding hydrogens is 345 g/mol. The van der Waals surface area contributed by atoms with Crippen molar-refractivity contribution in [1.82, 2.24) is 10.2 Å². The summed E-state index contributed by atoms with van der Waals surface area (Å²) in [6.07, 6.45) is -1.50. The predicted octanol–water partition coefficient (Wildman–Crippen LogP) is 3.13. The van der Waals surface area contributed by atoms with E-state index in [4.69, 9.17) is 0 Å². The van der Waals surface area contributed by atoms with Gasteiger partial charge in [0.15, 0.2) is 0 Å². The summed E-state index contributed by atoms with van der Waals surface area (Å²) in [6.45, 7) is 1.50. The lowest BCUT2D eigenvalue weighted by molar-refractivity contribution is 0.136. The zero-order valence-corrected chi connectivity index (χ0v) is 12.3. The molecule has 1 aliphatic rings. The highest BCUT2D eigenvalue weighted by molar-refractivity contribution is 9.10.